The van der Waals surface area contributed by atoms with E-state index in [2.05, 4.69) is 10.1 Å². The Bertz CT molecular complexity index is 994. The van der Waals surface area contributed by atoms with Crippen molar-refractivity contribution in [2.75, 3.05) is 6.54 Å². The van der Waals surface area contributed by atoms with Crippen LogP contribution in [-0.2, 0) is 12.6 Å². The normalized spacial score (nSPS) is 11.7. The van der Waals surface area contributed by atoms with Crippen LogP contribution in [0.5, 0.6) is 0 Å². The van der Waals surface area contributed by atoms with Crippen molar-refractivity contribution >= 4 is 5.91 Å². The van der Waals surface area contributed by atoms with Crippen molar-refractivity contribution in [3.63, 3.8) is 0 Å². The van der Waals surface area contributed by atoms with Gasteiger partial charge in [-0.15, -0.1) is 0 Å². The molecule has 5 nitrogen and oxygen atoms in total. The van der Waals surface area contributed by atoms with Gasteiger partial charge in [-0.1, -0.05) is 35.0 Å². The lowest BCUT2D eigenvalue weighted by molar-refractivity contribution is -0.137. The first-order valence-electron chi connectivity index (χ1n) is 9.53. The minimum absolute atomic E-state index is 0.153. The van der Waals surface area contributed by atoms with E-state index in [4.69, 9.17) is 4.52 Å². The zero-order valence-corrected chi connectivity index (χ0v) is 16.9. The van der Waals surface area contributed by atoms with Crippen molar-refractivity contribution < 1.29 is 22.5 Å². The summed E-state index contributed by atoms with van der Waals surface area (Å²) in [7, 11) is 0. The summed E-state index contributed by atoms with van der Waals surface area (Å²) in [5.74, 6) is 0.503. The largest absolute Gasteiger partial charge is 0.416 e. The highest BCUT2D eigenvalue weighted by molar-refractivity contribution is 5.94. The van der Waals surface area contributed by atoms with E-state index in [0.717, 1.165) is 23.3 Å². The number of benzene rings is 2. The fourth-order valence-corrected chi connectivity index (χ4v) is 2.95. The highest BCUT2D eigenvalue weighted by Crippen LogP contribution is 2.29. The summed E-state index contributed by atoms with van der Waals surface area (Å²) in [6.45, 7) is 5.97. The Kier molecular flexibility index (Phi) is 6.24. The molecule has 0 aliphatic carbocycles. The van der Waals surface area contributed by atoms with Crippen molar-refractivity contribution in [1.29, 1.82) is 0 Å². The van der Waals surface area contributed by atoms with Crippen LogP contribution in [0.15, 0.2) is 53.1 Å². The molecular weight excluding hydrogens is 395 g/mol. The SMILES string of the molecule is Cc1ccc(-c2noc(CCN(C(=O)c3ccc(C(F)(F)F)cc3)C(C)C)n2)cc1. The summed E-state index contributed by atoms with van der Waals surface area (Å²) in [6, 6.07) is 11.8. The Morgan fingerprint density at radius 1 is 1.07 bits per heavy atom. The number of amides is 1. The molecule has 3 rings (SSSR count). The molecular formula is C22H22F3N3O2. The van der Waals surface area contributed by atoms with Crippen LogP contribution in [0.25, 0.3) is 11.4 Å². The molecule has 2 aromatic carbocycles. The number of hydrogen-bond donors (Lipinski definition) is 0. The van der Waals surface area contributed by atoms with Gasteiger partial charge in [-0.2, -0.15) is 18.2 Å². The molecule has 8 heteroatoms. The van der Waals surface area contributed by atoms with E-state index in [1.807, 2.05) is 45.0 Å². The average Bonchev–Trinajstić information content (AvgIpc) is 3.16. The molecule has 0 aliphatic heterocycles. The van der Waals surface area contributed by atoms with Crippen molar-refractivity contribution in [3.8, 4) is 11.4 Å². The van der Waals surface area contributed by atoms with Gasteiger partial charge in [0.05, 0.1) is 5.56 Å². The minimum Gasteiger partial charge on any atom is -0.339 e. The summed E-state index contributed by atoms with van der Waals surface area (Å²) >= 11 is 0. The lowest BCUT2D eigenvalue weighted by Crippen LogP contribution is -2.38. The molecule has 0 saturated carbocycles. The van der Waals surface area contributed by atoms with Gasteiger partial charge in [-0.05, 0) is 45.0 Å². The van der Waals surface area contributed by atoms with Crippen LogP contribution in [0.1, 0.15) is 41.2 Å². The molecule has 0 saturated heterocycles. The lowest BCUT2D eigenvalue weighted by Gasteiger charge is -2.26. The van der Waals surface area contributed by atoms with E-state index >= 15 is 0 Å². The second kappa shape index (κ2) is 8.69. The molecule has 0 N–H and O–H groups in total. The molecule has 1 heterocycles. The smallest absolute Gasteiger partial charge is 0.339 e. The molecule has 0 unspecified atom stereocenters. The van der Waals surface area contributed by atoms with E-state index in [-0.39, 0.29) is 17.5 Å². The predicted molar refractivity (Wildman–Crippen MR) is 106 cm³/mol. The standard InChI is InChI=1S/C22H22F3N3O2/c1-14(2)28(21(29)17-8-10-18(11-9-17)22(23,24)25)13-12-19-26-20(27-30-19)16-6-4-15(3)5-7-16/h4-11,14H,12-13H2,1-3H3. The third-order valence-corrected chi connectivity index (χ3v) is 4.69. The molecule has 0 radical (unpaired) electrons. The van der Waals surface area contributed by atoms with Crippen molar-refractivity contribution in [3.05, 3.63) is 71.1 Å². The molecule has 0 fully saturated rings. The fraction of sp³-hybridized carbons (Fsp3) is 0.318. The molecule has 1 amide bonds. The topological polar surface area (TPSA) is 59.2 Å². The van der Waals surface area contributed by atoms with E-state index in [9.17, 15) is 18.0 Å². The van der Waals surface area contributed by atoms with Gasteiger partial charge in [0.1, 0.15) is 0 Å². The van der Waals surface area contributed by atoms with Crippen LogP contribution >= 0.6 is 0 Å². The van der Waals surface area contributed by atoms with Crippen LogP contribution in [0, 0.1) is 6.92 Å². The molecule has 3 aromatic rings. The summed E-state index contributed by atoms with van der Waals surface area (Å²) in [4.78, 5) is 18.7. The third kappa shape index (κ3) is 5.06. The predicted octanol–water partition coefficient (Wildman–Crippen LogP) is 5.16. The third-order valence-electron chi connectivity index (χ3n) is 4.69. The van der Waals surface area contributed by atoms with Gasteiger partial charge in [0.15, 0.2) is 0 Å². The Morgan fingerprint density at radius 2 is 1.70 bits per heavy atom. The number of hydrogen-bond acceptors (Lipinski definition) is 4. The van der Waals surface area contributed by atoms with Crippen LogP contribution in [-0.4, -0.2) is 33.5 Å². The molecule has 1 aromatic heterocycles. The maximum atomic E-state index is 12.8. The monoisotopic (exact) mass is 417 g/mol. The maximum absolute atomic E-state index is 12.8. The molecule has 0 bridgehead atoms. The number of halogens is 3. The van der Waals surface area contributed by atoms with E-state index in [1.165, 1.54) is 12.1 Å². The van der Waals surface area contributed by atoms with Gasteiger partial charge in [-0.25, -0.2) is 0 Å². The second-order valence-corrected chi connectivity index (χ2v) is 7.30. The molecule has 30 heavy (non-hydrogen) atoms. The number of aromatic nitrogens is 2. The molecule has 0 aliphatic rings. The number of carbonyl (C=O) groups excluding carboxylic acids is 1. The van der Waals surface area contributed by atoms with Crippen LogP contribution < -0.4 is 0 Å². The fourth-order valence-electron chi connectivity index (χ4n) is 2.95. The Hall–Kier alpha value is -3.16. The van der Waals surface area contributed by atoms with Gasteiger partial charge in [0, 0.05) is 30.1 Å². The van der Waals surface area contributed by atoms with E-state index in [0.29, 0.717) is 24.7 Å². The Labute approximate surface area is 172 Å². The first-order chi connectivity index (χ1) is 14.1. The van der Waals surface area contributed by atoms with Gasteiger partial charge in [0.25, 0.3) is 5.91 Å². The number of nitrogens with zero attached hydrogens (tertiary/aromatic N) is 3. The Balaban J connectivity index is 1.69. The van der Waals surface area contributed by atoms with Gasteiger partial charge in [0.2, 0.25) is 11.7 Å². The number of aryl methyl sites for hydroxylation is 1. The van der Waals surface area contributed by atoms with Crippen LogP contribution in [0.3, 0.4) is 0 Å². The van der Waals surface area contributed by atoms with Crippen molar-refractivity contribution in [1.82, 2.24) is 15.0 Å². The summed E-state index contributed by atoms with van der Waals surface area (Å²) in [5, 5.41) is 3.98. The lowest BCUT2D eigenvalue weighted by atomic mass is 10.1. The zero-order valence-electron chi connectivity index (χ0n) is 16.9. The molecule has 0 spiro atoms. The van der Waals surface area contributed by atoms with Gasteiger partial charge in [-0.3, -0.25) is 4.79 Å². The van der Waals surface area contributed by atoms with Gasteiger partial charge < -0.3 is 9.42 Å². The maximum Gasteiger partial charge on any atom is 0.416 e. The molecule has 0 atom stereocenters. The van der Waals surface area contributed by atoms with Crippen LogP contribution in [0.4, 0.5) is 13.2 Å². The van der Waals surface area contributed by atoms with Crippen molar-refractivity contribution in [2.45, 2.75) is 39.4 Å². The first-order valence-corrected chi connectivity index (χ1v) is 9.53. The number of rotatable bonds is 6. The second-order valence-electron chi connectivity index (χ2n) is 7.30. The number of alkyl halides is 3. The molecule has 158 valence electrons. The van der Waals surface area contributed by atoms with Crippen LogP contribution in [0.2, 0.25) is 0 Å². The minimum atomic E-state index is -4.44. The average molecular weight is 417 g/mol. The first kappa shape index (κ1) is 21.5. The highest BCUT2D eigenvalue weighted by atomic mass is 19.4. The van der Waals surface area contributed by atoms with E-state index < -0.39 is 11.7 Å². The van der Waals surface area contributed by atoms with Crippen molar-refractivity contribution in [2.24, 2.45) is 0 Å². The van der Waals surface area contributed by atoms with E-state index in [1.54, 1.807) is 4.90 Å². The van der Waals surface area contributed by atoms with Gasteiger partial charge >= 0.3 is 6.18 Å². The Morgan fingerprint density at radius 3 is 2.27 bits per heavy atom. The summed E-state index contributed by atoms with van der Waals surface area (Å²) in [5.41, 5.74) is 1.36. The zero-order chi connectivity index (χ0) is 21.9. The summed E-state index contributed by atoms with van der Waals surface area (Å²) < 4.78 is 43.5. The summed E-state index contributed by atoms with van der Waals surface area (Å²) in [6.07, 6.45) is -4.10. The quantitative estimate of drug-likeness (QED) is 0.556. The number of carbonyl (C=O) groups is 1. The highest BCUT2D eigenvalue weighted by Gasteiger charge is 2.30.